The number of nitrogens with zero attached hydrogens (tertiary/aromatic N) is 1. The first-order chi connectivity index (χ1) is 16.4. The van der Waals surface area contributed by atoms with E-state index in [1.54, 1.807) is 88.4 Å². The Morgan fingerprint density at radius 2 is 1.60 bits per heavy atom. The van der Waals surface area contributed by atoms with Gasteiger partial charge in [-0.1, -0.05) is 18.2 Å². The molecule has 0 aliphatic carbocycles. The molecule has 0 fully saturated rings. The summed E-state index contributed by atoms with van der Waals surface area (Å²) in [6.07, 6.45) is 3.22. The molecular formula is C27H31N3O5. The van der Waals surface area contributed by atoms with Crippen LogP contribution in [0, 0.1) is 5.41 Å². The van der Waals surface area contributed by atoms with Gasteiger partial charge in [0.05, 0.1) is 5.56 Å². The number of ether oxygens (including phenoxy) is 2. The first kappa shape index (κ1) is 27.0. The highest BCUT2D eigenvalue weighted by Crippen LogP contribution is 2.16. The average molecular weight is 478 g/mol. The Morgan fingerprint density at radius 3 is 2.11 bits per heavy atom. The van der Waals surface area contributed by atoms with E-state index in [9.17, 15) is 14.4 Å². The summed E-state index contributed by atoms with van der Waals surface area (Å²) in [5, 5.41) is 7.40. The standard InChI is InChI=1S/C27H31N3O5/c1-6-15-30(17-23(31)35-27(3,4)5)25(32)18(2)16-19-7-9-21(10-8-19)26(33)34-22-13-11-20(12-14-22)24(28)29/h6-14,16H,1,15,17H2,2-5H3,(H3,28,29). The molecule has 0 heterocycles. The summed E-state index contributed by atoms with van der Waals surface area (Å²) < 4.78 is 10.7. The van der Waals surface area contributed by atoms with Gasteiger partial charge in [-0.05, 0) is 75.7 Å². The maximum atomic E-state index is 12.9. The Morgan fingerprint density at radius 1 is 1.03 bits per heavy atom. The van der Waals surface area contributed by atoms with Gasteiger partial charge in [-0.25, -0.2) is 4.79 Å². The first-order valence-electron chi connectivity index (χ1n) is 11.0. The fourth-order valence-corrected chi connectivity index (χ4v) is 3.05. The van der Waals surface area contributed by atoms with Gasteiger partial charge >= 0.3 is 11.9 Å². The molecule has 2 aromatic carbocycles. The molecule has 2 rings (SSSR count). The molecule has 8 nitrogen and oxygen atoms in total. The van der Waals surface area contributed by atoms with Crippen LogP contribution in [0.1, 0.15) is 49.2 Å². The minimum Gasteiger partial charge on any atom is -0.459 e. The fourth-order valence-electron chi connectivity index (χ4n) is 3.05. The Labute approximate surface area is 205 Å². The van der Waals surface area contributed by atoms with E-state index >= 15 is 0 Å². The fraction of sp³-hybridized carbons (Fsp3) is 0.259. The summed E-state index contributed by atoms with van der Waals surface area (Å²) >= 11 is 0. The number of amidine groups is 1. The third kappa shape index (κ3) is 8.58. The van der Waals surface area contributed by atoms with E-state index in [0.717, 1.165) is 0 Å². The van der Waals surface area contributed by atoms with Crippen molar-refractivity contribution < 1.29 is 23.9 Å². The summed E-state index contributed by atoms with van der Waals surface area (Å²) in [6, 6.07) is 12.9. The monoisotopic (exact) mass is 477 g/mol. The van der Waals surface area contributed by atoms with Gasteiger partial charge in [0, 0.05) is 17.7 Å². The number of amides is 1. The van der Waals surface area contributed by atoms with Gasteiger partial charge in [-0.3, -0.25) is 15.0 Å². The van der Waals surface area contributed by atoms with Crippen molar-refractivity contribution in [3.63, 3.8) is 0 Å². The molecule has 1 amide bonds. The van der Waals surface area contributed by atoms with Crippen LogP contribution >= 0.6 is 0 Å². The van der Waals surface area contributed by atoms with Crippen molar-refractivity contribution in [2.75, 3.05) is 13.1 Å². The normalized spacial score (nSPS) is 11.4. The Hall–Kier alpha value is -4.20. The zero-order chi connectivity index (χ0) is 26.2. The summed E-state index contributed by atoms with van der Waals surface area (Å²) in [7, 11) is 0. The Kier molecular flexibility index (Phi) is 9.11. The topological polar surface area (TPSA) is 123 Å². The van der Waals surface area contributed by atoms with Gasteiger partial charge in [-0.2, -0.15) is 0 Å². The van der Waals surface area contributed by atoms with Crippen molar-refractivity contribution >= 4 is 29.8 Å². The minimum absolute atomic E-state index is 0.0715. The lowest BCUT2D eigenvalue weighted by Gasteiger charge is -2.24. The van der Waals surface area contributed by atoms with Crippen molar-refractivity contribution in [1.29, 1.82) is 5.41 Å². The molecule has 0 aliphatic rings. The SMILES string of the molecule is C=CCN(CC(=O)OC(C)(C)C)C(=O)C(C)=Cc1ccc(C(=O)Oc2ccc(C(=N)N)cc2)cc1. The maximum absolute atomic E-state index is 12.9. The maximum Gasteiger partial charge on any atom is 0.343 e. The molecule has 0 saturated heterocycles. The second-order valence-electron chi connectivity index (χ2n) is 8.84. The van der Waals surface area contributed by atoms with Crippen LogP contribution in [-0.2, 0) is 14.3 Å². The van der Waals surface area contributed by atoms with E-state index < -0.39 is 17.5 Å². The lowest BCUT2D eigenvalue weighted by molar-refractivity contribution is -0.158. The molecule has 8 heteroatoms. The molecular weight excluding hydrogens is 446 g/mol. The van der Waals surface area contributed by atoms with Crippen molar-refractivity contribution in [1.82, 2.24) is 4.90 Å². The number of esters is 2. The summed E-state index contributed by atoms with van der Waals surface area (Å²) in [4.78, 5) is 38.8. The second-order valence-corrected chi connectivity index (χ2v) is 8.84. The van der Waals surface area contributed by atoms with E-state index in [1.165, 1.54) is 4.90 Å². The van der Waals surface area contributed by atoms with Gasteiger partial charge in [0.2, 0.25) is 5.91 Å². The molecule has 2 aromatic rings. The van der Waals surface area contributed by atoms with Crippen LogP contribution in [0.4, 0.5) is 0 Å². The number of hydrogen-bond donors (Lipinski definition) is 2. The van der Waals surface area contributed by atoms with E-state index in [4.69, 9.17) is 20.6 Å². The number of carbonyl (C=O) groups excluding carboxylic acids is 3. The molecule has 0 unspecified atom stereocenters. The van der Waals surface area contributed by atoms with Crippen LogP contribution < -0.4 is 10.5 Å². The number of rotatable bonds is 9. The van der Waals surface area contributed by atoms with Crippen LogP contribution in [0.3, 0.4) is 0 Å². The lowest BCUT2D eigenvalue weighted by Crippen LogP contribution is -2.39. The molecule has 0 aliphatic heterocycles. The quantitative estimate of drug-likeness (QED) is 0.141. The summed E-state index contributed by atoms with van der Waals surface area (Å²) in [6.45, 7) is 10.6. The minimum atomic E-state index is -0.647. The Bertz CT molecular complexity index is 1130. The third-order valence-corrected chi connectivity index (χ3v) is 4.62. The van der Waals surface area contributed by atoms with E-state index in [2.05, 4.69) is 6.58 Å². The van der Waals surface area contributed by atoms with Crippen LogP contribution in [0.5, 0.6) is 5.75 Å². The number of nitrogens with one attached hydrogen (secondary N) is 1. The molecule has 0 saturated carbocycles. The number of nitrogen functional groups attached to an aromatic ring is 1. The summed E-state index contributed by atoms with van der Waals surface area (Å²) in [5.41, 5.74) is 6.75. The van der Waals surface area contributed by atoms with E-state index in [0.29, 0.717) is 28.0 Å². The highest BCUT2D eigenvalue weighted by atomic mass is 16.6. The van der Waals surface area contributed by atoms with E-state index in [-0.39, 0.29) is 24.8 Å². The van der Waals surface area contributed by atoms with Crippen LogP contribution in [-0.4, -0.2) is 47.3 Å². The highest BCUT2D eigenvalue weighted by Gasteiger charge is 2.22. The van der Waals surface area contributed by atoms with Crippen molar-refractivity contribution in [3.8, 4) is 5.75 Å². The van der Waals surface area contributed by atoms with Gasteiger partial charge < -0.3 is 20.1 Å². The average Bonchev–Trinajstić information content (AvgIpc) is 2.77. The molecule has 35 heavy (non-hydrogen) atoms. The van der Waals surface area contributed by atoms with Crippen molar-refractivity contribution in [3.05, 3.63) is 83.4 Å². The van der Waals surface area contributed by atoms with Gasteiger partial charge in [0.1, 0.15) is 23.7 Å². The molecule has 0 aromatic heterocycles. The molecule has 0 spiro atoms. The van der Waals surface area contributed by atoms with Crippen LogP contribution in [0.2, 0.25) is 0 Å². The predicted octanol–water partition coefficient (Wildman–Crippen LogP) is 3.95. The largest absolute Gasteiger partial charge is 0.459 e. The smallest absolute Gasteiger partial charge is 0.343 e. The first-order valence-corrected chi connectivity index (χ1v) is 11.0. The molecule has 184 valence electrons. The summed E-state index contributed by atoms with van der Waals surface area (Å²) in [5.74, 6) is -1.11. The number of hydrogen-bond acceptors (Lipinski definition) is 6. The van der Waals surface area contributed by atoms with Crippen LogP contribution in [0.25, 0.3) is 6.08 Å². The zero-order valence-corrected chi connectivity index (χ0v) is 20.5. The second kappa shape index (κ2) is 11.8. The van der Waals surface area contributed by atoms with Crippen molar-refractivity contribution in [2.24, 2.45) is 5.73 Å². The van der Waals surface area contributed by atoms with Crippen molar-refractivity contribution in [2.45, 2.75) is 33.3 Å². The predicted molar refractivity (Wildman–Crippen MR) is 135 cm³/mol. The van der Waals surface area contributed by atoms with Gasteiger partial charge in [0.25, 0.3) is 0 Å². The van der Waals surface area contributed by atoms with E-state index in [1.807, 2.05) is 0 Å². The number of carbonyl (C=O) groups is 3. The van der Waals surface area contributed by atoms with Crippen LogP contribution in [0.15, 0.2) is 66.8 Å². The van der Waals surface area contributed by atoms with Gasteiger partial charge in [0.15, 0.2) is 0 Å². The zero-order valence-electron chi connectivity index (χ0n) is 20.5. The molecule has 0 atom stereocenters. The molecule has 0 bridgehead atoms. The highest BCUT2D eigenvalue weighted by molar-refractivity contribution is 5.99. The number of nitrogens with two attached hydrogens (primary N) is 1. The number of benzene rings is 2. The molecule has 3 N–H and O–H groups in total. The van der Waals surface area contributed by atoms with Gasteiger partial charge in [-0.15, -0.1) is 6.58 Å². The third-order valence-electron chi connectivity index (χ3n) is 4.62. The lowest BCUT2D eigenvalue weighted by atomic mass is 10.1. The molecule has 0 radical (unpaired) electrons. The Balaban J connectivity index is 2.07.